The van der Waals surface area contributed by atoms with E-state index in [0.29, 0.717) is 11.3 Å². The van der Waals surface area contributed by atoms with Crippen LogP contribution in [0.15, 0.2) is 41.5 Å². The van der Waals surface area contributed by atoms with E-state index in [-0.39, 0.29) is 18.0 Å². The van der Waals surface area contributed by atoms with E-state index in [1.807, 2.05) is 37.3 Å². The number of benzene rings is 1. The van der Waals surface area contributed by atoms with E-state index in [2.05, 4.69) is 24.1 Å². The van der Waals surface area contributed by atoms with Gasteiger partial charge >= 0.3 is 0 Å². The van der Waals surface area contributed by atoms with Crippen LogP contribution < -0.4 is 10.9 Å². The van der Waals surface area contributed by atoms with Crippen molar-refractivity contribution in [2.45, 2.75) is 39.7 Å². The Kier molecular flexibility index (Phi) is 4.99. The number of para-hydroxylation sites is 1. The Morgan fingerprint density at radius 3 is 2.80 bits per heavy atom. The third kappa shape index (κ3) is 3.64. The fraction of sp³-hybridized carbons (Fsp3) is 0.316. The summed E-state index contributed by atoms with van der Waals surface area (Å²) in [5.41, 5.74) is 1.68. The van der Waals surface area contributed by atoms with Gasteiger partial charge in [-0.1, -0.05) is 39.0 Å². The lowest BCUT2D eigenvalue weighted by molar-refractivity contribution is -0.116. The number of carbonyl (C=O) groups excluding carboxylic acids is 1. The topological polar surface area (TPSA) is 64.0 Å². The van der Waals surface area contributed by atoms with Crippen molar-refractivity contribution < 1.29 is 4.79 Å². The van der Waals surface area contributed by atoms with Crippen LogP contribution in [0.3, 0.4) is 0 Å². The summed E-state index contributed by atoms with van der Waals surface area (Å²) in [4.78, 5) is 31.1. The molecule has 0 aliphatic rings. The van der Waals surface area contributed by atoms with Gasteiger partial charge in [-0.2, -0.15) is 0 Å². The molecule has 0 aliphatic heterocycles. The zero-order valence-electron chi connectivity index (χ0n) is 14.6. The standard InChI is InChI=1S/C19H21N3O2S/c1-4-13-9-15-18(25-13)20-11-22(19(15)24)10-17(23)21-16-8-6-5-7-14(16)12(2)3/h5-9,11-12H,4,10H2,1-3H3,(H,21,23). The number of thiophene rings is 1. The zero-order chi connectivity index (χ0) is 18.0. The van der Waals surface area contributed by atoms with Crippen LogP contribution in [0.25, 0.3) is 10.2 Å². The van der Waals surface area contributed by atoms with Crippen LogP contribution in [0.1, 0.15) is 37.1 Å². The molecule has 0 aliphatic carbocycles. The largest absolute Gasteiger partial charge is 0.324 e. The molecule has 5 nitrogen and oxygen atoms in total. The summed E-state index contributed by atoms with van der Waals surface area (Å²) in [6.45, 7) is 6.15. The molecule has 1 N–H and O–H groups in total. The lowest BCUT2D eigenvalue weighted by Crippen LogP contribution is -2.27. The van der Waals surface area contributed by atoms with Gasteiger partial charge in [-0.05, 0) is 30.0 Å². The first-order valence-corrected chi connectivity index (χ1v) is 9.18. The highest BCUT2D eigenvalue weighted by Crippen LogP contribution is 2.24. The molecule has 0 saturated heterocycles. The molecule has 0 atom stereocenters. The van der Waals surface area contributed by atoms with Crippen LogP contribution in [-0.2, 0) is 17.8 Å². The van der Waals surface area contributed by atoms with Crippen LogP contribution in [0.4, 0.5) is 5.69 Å². The number of rotatable bonds is 5. The molecule has 6 heteroatoms. The predicted molar refractivity (Wildman–Crippen MR) is 102 cm³/mol. The first kappa shape index (κ1) is 17.4. The van der Waals surface area contributed by atoms with Gasteiger partial charge in [0.05, 0.1) is 11.7 Å². The Balaban J connectivity index is 1.83. The number of nitrogens with one attached hydrogen (secondary N) is 1. The summed E-state index contributed by atoms with van der Waals surface area (Å²) in [6, 6.07) is 9.59. The Morgan fingerprint density at radius 1 is 1.32 bits per heavy atom. The van der Waals surface area contributed by atoms with E-state index in [1.54, 1.807) is 0 Å². The van der Waals surface area contributed by atoms with Gasteiger partial charge in [0.1, 0.15) is 11.4 Å². The van der Waals surface area contributed by atoms with Crippen molar-refractivity contribution >= 4 is 33.1 Å². The van der Waals surface area contributed by atoms with Gasteiger partial charge in [-0.25, -0.2) is 4.98 Å². The van der Waals surface area contributed by atoms with E-state index >= 15 is 0 Å². The molecule has 130 valence electrons. The molecule has 25 heavy (non-hydrogen) atoms. The molecule has 3 rings (SSSR count). The second-order valence-electron chi connectivity index (χ2n) is 6.25. The predicted octanol–water partition coefficient (Wildman–Crippen LogP) is 3.78. The molecule has 3 aromatic rings. The normalized spacial score (nSPS) is 11.2. The highest BCUT2D eigenvalue weighted by Gasteiger charge is 2.13. The number of amides is 1. The van der Waals surface area contributed by atoms with Crippen LogP contribution in [0.5, 0.6) is 0 Å². The van der Waals surface area contributed by atoms with Gasteiger partial charge in [-0.15, -0.1) is 11.3 Å². The molecule has 0 fully saturated rings. The summed E-state index contributed by atoms with van der Waals surface area (Å²) in [5.74, 6) is 0.0674. The molecule has 0 unspecified atom stereocenters. The van der Waals surface area contributed by atoms with Crippen molar-refractivity contribution in [3.8, 4) is 0 Å². The van der Waals surface area contributed by atoms with Gasteiger partial charge in [-0.3, -0.25) is 14.2 Å². The van der Waals surface area contributed by atoms with Gasteiger partial charge in [0.25, 0.3) is 5.56 Å². The third-order valence-electron chi connectivity index (χ3n) is 4.09. The highest BCUT2D eigenvalue weighted by molar-refractivity contribution is 7.18. The van der Waals surface area contributed by atoms with Gasteiger partial charge < -0.3 is 5.32 Å². The first-order valence-electron chi connectivity index (χ1n) is 8.36. The van der Waals surface area contributed by atoms with Crippen molar-refractivity contribution in [3.05, 3.63) is 57.5 Å². The minimum atomic E-state index is -0.234. The fourth-order valence-electron chi connectivity index (χ4n) is 2.76. The van der Waals surface area contributed by atoms with Crippen LogP contribution in [-0.4, -0.2) is 15.5 Å². The summed E-state index contributed by atoms with van der Waals surface area (Å²) in [5, 5.41) is 3.49. The van der Waals surface area contributed by atoms with E-state index in [9.17, 15) is 9.59 Å². The third-order valence-corrected chi connectivity index (χ3v) is 5.28. The van der Waals surface area contributed by atoms with E-state index in [0.717, 1.165) is 27.4 Å². The summed E-state index contributed by atoms with van der Waals surface area (Å²) in [7, 11) is 0. The molecule has 0 spiro atoms. The molecule has 0 saturated carbocycles. The average molecular weight is 355 g/mol. The second-order valence-corrected chi connectivity index (χ2v) is 7.37. The Morgan fingerprint density at radius 2 is 2.08 bits per heavy atom. The smallest absolute Gasteiger partial charge is 0.262 e. The lowest BCUT2D eigenvalue weighted by atomic mass is 10.0. The summed E-state index contributed by atoms with van der Waals surface area (Å²) < 4.78 is 1.36. The van der Waals surface area contributed by atoms with Crippen LogP contribution in [0.2, 0.25) is 0 Å². The number of hydrogen-bond donors (Lipinski definition) is 1. The van der Waals surface area contributed by atoms with Crippen LogP contribution in [0, 0.1) is 0 Å². The van der Waals surface area contributed by atoms with E-state index in [1.165, 1.54) is 22.2 Å². The molecule has 0 bridgehead atoms. The van der Waals surface area contributed by atoms with Gasteiger partial charge in [0.15, 0.2) is 0 Å². The molecular weight excluding hydrogens is 334 g/mol. The first-order chi connectivity index (χ1) is 12.0. The molecular formula is C19H21N3O2S. The molecule has 0 radical (unpaired) electrons. The minimum Gasteiger partial charge on any atom is -0.324 e. The van der Waals surface area contributed by atoms with Gasteiger partial charge in [0.2, 0.25) is 5.91 Å². The number of anilines is 1. The number of fused-ring (bicyclic) bond motifs is 1. The quantitative estimate of drug-likeness (QED) is 0.757. The Labute approximate surface area is 150 Å². The molecule has 2 heterocycles. The lowest BCUT2D eigenvalue weighted by Gasteiger charge is -2.14. The average Bonchev–Trinajstić information content (AvgIpc) is 3.02. The zero-order valence-corrected chi connectivity index (χ0v) is 15.4. The van der Waals surface area contributed by atoms with Crippen molar-refractivity contribution in [2.75, 3.05) is 5.32 Å². The summed E-state index contributed by atoms with van der Waals surface area (Å²) >= 11 is 1.52. The van der Waals surface area contributed by atoms with Crippen molar-refractivity contribution in [1.82, 2.24) is 9.55 Å². The number of hydrogen-bond acceptors (Lipinski definition) is 4. The number of carbonyl (C=O) groups is 1. The van der Waals surface area contributed by atoms with Gasteiger partial charge in [0, 0.05) is 10.6 Å². The van der Waals surface area contributed by atoms with Crippen molar-refractivity contribution in [1.29, 1.82) is 0 Å². The number of nitrogens with zero attached hydrogens (tertiary/aromatic N) is 2. The van der Waals surface area contributed by atoms with E-state index in [4.69, 9.17) is 0 Å². The van der Waals surface area contributed by atoms with E-state index < -0.39 is 0 Å². The van der Waals surface area contributed by atoms with Crippen LogP contribution >= 0.6 is 11.3 Å². The second kappa shape index (κ2) is 7.19. The highest BCUT2D eigenvalue weighted by atomic mass is 32.1. The van der Waals surface area contributed by atoms with Crippen molar-refractivity contribution in [2.24, 2.45) is 0 Å². The minimum absolute atomic E-state index is 0.0501. The Hall–Kier alpha value is -2.47. The fourth-order valence-corrected chi connectivity index (χ4v) is 3.68. The Bertz CT molecular complexity index is 972. The molecule has 1 aromatic carbocycles. The molecule has 2 aromatic heterocycles. The maximum Gasteiger partial charge on any atom is 0.262 e. The number of aromatic nitrogens is 2. The maximum absolute atomic E-state index is 12.6. The molecule has 1 amide bonds. The summed E-state index contributed by atoms with van der Waals surface area (Å²) in [6.07, 6.45) is 2.32. The maximum atomic E-state index is 12.6. The number of aryl methyl sites for hydroxylation is 1. The monoisotopic (exact) mass is 355 g/mol. The SMILES string of the molecule is CCc1cc2c(=O)n(CC(=O)Nc3ccccc3C(C)C)cnc2s1. The van der Waals surface area contributed by atoms with Crippen molar-refractivity contribution in [3.63, 3.8) is 0 Å².